The Balaban J connectivity index is 1.42. The molecule has 0 unspecified atom stereocenters. The van der Waals surface area contributed by atoms with Gasteiger partial charge in [-0.3, -0.25) is 14.4 Å². The number of halogens is 1. The van der Waals surface area contributed by atoms with Gasteiger partial charge in [-0.15, -0.1) is 0 Å². The number of rotatable bonds is 5. The molecule has 0 aliphatic carbocycles. The lowest BCUT2D eigenvalue weighted by Crippen LogP contribution is -2.52. The molecular formula is C24H26ClN3O3. The monoisotopic (exact) mass is 439 g/mol. The van der Waals surface area contributed by atoms with E-state index < -0.39 is 12.1 Å². The normalized spacial score (nSPS) is 20.7. The summed E-state index contributed by atoms with van der Waals surface area (Å²) in [7, 11) is 0. The van der Waals surface area contributed by atoms with Gasteiger partial charge in [0.25, 0.3) is 5.91 Å². The van der Waals surface area contributed by atoms with E-state index in [1.165, 1.54) is 0 Å². The first-order valence-corrected chi connectivity index (χ1v) is 11.1. The third kappa shape index (κ3) is 4.59. The van der Waals surface area contributed by atoms with Crippen molar-refractivity contribution in [1.29, 1.82) is 0 Å². The Labute approximate surface area is 187 Å². The SMILES string of the molecule is O=C(NCc1ccccc1Cl)[C@H]1CCCN1C(=O)[C@H]1CCCN1C(=O)c1ccccc1. The van der Waals surface area contributed by atoms with Gasteiger partial charge in [-0.25, -0.2) is 0 Å². The van der Waals surface area contributed by atoms with Gasteiger partial charge >= 0.3 is 0 Å². The molecule has 2 aromatic rings. The fourth-order valence-electron chi connectivity index (χ4n) is 4.45. The molecular weight excluding hydrogens is 414 g/mol. The fraction of sp³-hybridized carbons (Fsp3) is 0.375. The number of nitrogens with zero attached hydrogens (tertiary/aromatic N) is 2. The maximum atomic E-state index is 13.4. The number of amides is 3. The van der Waals surface area contributed by atoms with Crippen LogP contribution in [0.15, 0.2) is 54.6 Å². The number of nitrogens with one attached hydrogen (secondary N) is 1. The predicted molar refractivity (Wildman–Crippen MR) is 119 cm³/mol. The number of hydrogen-bond donors (Lipinski definition) is 1. The van der Waals surface area contributed by atoms with Crippen molar-refractivity contribution in [3.63, 3.8) is 0 Å². The van der Waals surface area contributed by atoms with Crippen molar-refractivity contribution in [2.75, 3.05) is 13.1 Å². The van der Waals surface area contributed by atoms with Crippen LogP contribution in [0.4, 0.5) is 0 Å². The average Bonchev–Trinajstić information content (AvgIpc) is 3.48. The molecule has 0 spiro atoms. The Bertz CT molecular complexity index is 966. The molecule has 7 heteroatoms. The highest BCUT2D eigenvalue weighted by Crippen LogP contribution is 2.26. The van der Waals surface area contributed by atoms with Crippen LogP contribution in [-0.4, -0.2) is 52.7 Å². The summed E-state index contributed by atoms with van der Waals surface area (Å²) in [6.07, 6.45) is 2.81. The Morgan fingerprint density at radius 1 is 0.871 bits per heavy atom. The van der Waals surface area contributed by atoms with Gasteiger partial charge in [0.1, 0.15) is 12.1 Å². The van der Waals surface area contributed by atoms with Crippen LogP contribution in [0.1, 0.15) is 41.6 Å². The molecule has 4 rings (SSSR count). The highest BCUT2D eigenvalue weighted by atomic mass is 35.5. The van der Waals surface area contributed by atoms with Crippen LogP contribution in [0.3, 0.4) is 0 Å². The highest BCUT2D eigenvalue weighted by Gasteiger charge is 2.42. The van der Waals surface area contributed by atoms with Crippen LogP contribution >= 0.6 is 11.6 Å². The molecule has 1 N–H and O–H groups in total. The molecule has 3 amide bonds. The minimum atomic E-state index is -0.510. The average molecular weight is 440 g/mol. The lowest BCUT2D eigenvalue weighted by molar-refractivity contribution is -0.141. The van der Waals surface area contributed by atoms with E-state index in [0.717, 1.165) is 18.4 Å². The second-order valence-electron chi connectivity index (χ2n) is 8.02. The highest BCUT2D eigenvalue weighted by molar-refractivity contribution is 6.31. The van der Waals surface area contributed by atoms with E-state index in [-0.39, 0.29) is 17.7 Å². The van der Waals surface area contributed by atoms with E-state index >= 15 is 0 Å². The van der Waals surface area contributed by atoms with Crippen molar-refractivity contribution in [1.82, 2.24) is 15.1 Å². The number of carbonyl (C=O) groups excluding carboxylic acids is 3. The zero-order chi connectivity index (χ0) is 21.8. The lowest BCUT2D eigenvalue weighted by atomic mass is 10.1. The Hall–Kier alpha value is -2.86. The van der Waals surface area contributed by atoms with E-state index in [1.807, 2.05) is 36.4 Å². The standard InChI is InChI=1S/C24H26ClN3O3/c25-19-11-5-4-10-18(19)16-26-22(29)20-12-6-14-27(20)24(31)21-13-7-15-28(21)23(30)17-8-2-1-3-9-17/h1-5,8-11,20-21H,6-7,12-16H2,(H,26,29)/t20-,21-/m1/s1. The van der Waals surface area contributed by atoms with Crippen LogP contribution < -0.4 is 5.32 Å². The minimum absolute atomic E-state index is 0.128. The van der Waals surface area contributed by atoms with Crippen molar-refractivity contribution >= 4 is 29.3 Å². The number of carbonyl (C=O) groups is 3. The van der Waals surface area contributed by atoms with E-state index in [9.17, 15) is 14.4 Å². The molecule has 0 aromatic heterocycles. The third-order valence-corrected chi connectivity index (χ3v) is 6.44. The molecule has 0 radical (unpaired) electrons. The van der Waals surface area contributed by atoms with Crippen molar-refractivity contribution in [3.8, 4) is 0 Å². The molecule has 6 nitrogen and oxygen atoms in total. The van der Waals surface area contributed by atoms with E-state index in [4.69, 9.17) is 11.6 Å². The Morgan fingerprint density at radius 2 is 1.52 bits per heavy atom. The van der Waals surface area contributed by atoms with Crippen molar-refractivity contribution in [3.05, 3.63) is 70.7 Å². The quantitative estimate of drug-likeness (QED) is 0.777. The van der Waals surface area contributed by atoms with Crippen molar-refractivity contribution in [2.45, 2.75) is 44.3 Å². The first kappa shape index (κ1) is 21.4. The zero-order valence-electron chi connectivity index (χ0n) is 17.3. The molecule has 2 aliphatic heterocycles. The Morgan fingerprint density at radius 3 is 2.26 bits per heavy atom. The number of benzene rings is 2. The van der Waals surface area contributed by atoms with Gasteiger partial charge in [-0.1, -0.05) is 48.0 Å². The molecule has 2 saturated heterocycles. The zero-order valence-corrected chi connectivity index (χ0v) is 18.1. The second kappa shape index (κ2) is 9.52. The van der Waals surface area contributed by atoms with Crippen molar-refractivity contribution in [2.24, 2.45) is 0 Å². The summed E-state index contributed by atoms with van der Waals surface area (Å²) in [6.45, 7) is 1.41. The largest absolute Gasteiger partial charge is 0.350 e. The number of hydrogen-bond acceptors (Lipinski definition) is 3. The van der Waals surface area contributed by atoms with Gasteiger partial charge in [0, 0.05) is 30.2 Å². The number of likely N-dealkylation sites (tertiary alicyclic amines) is 2. The first-order valence-electron chi connectivity index (χ1n) is 10.7. The lowest BCUT2D eigenvalue weighted by Gasteiger charge is -2.31. The summed E-state index contributed by atoms with van der Waals surface area (Å²) in [4.78, 5) is 42.5. The molecule has 162 valence electrons. The van der Waals surface area contributed by atoms with Crippen LogP contribution in [0.2, 0.25) is 5.02 Å². The summed E-state index contributed by atoms with van der Waals surface area (Å²) in [5.74, 6) is -0.433. The molecule has 2 aliphatic rings. The molecule has 2 atom stereocenters. The van der Waals surface area contributed by atoms with E-state index in [2.05, 4.69) is 5.32 Å². The van der Waals surface area contributed by atoms with Crippen LogP contribution in [0.25, 0.3) is 0 Å². The third-order valence-electron chi connectivity index (χ3n) is 6.07. The van der Waals surface area contributed by atoms with Crippen LogP contribution in [0, 0.1) is 0 Å². The summed E-state index contributed by atoms with van der Waals surface area (Å²) in [6, 6.07) is 15.4. The fourth-order valence-corrected chi connectivity index (χ4v) is 4.65. The van der Waals surface area contributed by atoms with Gasteiger partial charge < -0.3 is 15.1 Å². The molecule has 2 aromatic carbocycles. The smallest absolute Gasteiger partial charge is 0.254 e. The van der Waals surface area contributed by atoms with Gasteiger partial charge in [-0.05, 0) is 49.4 Å². The molecule has 2 fully saturated rings. The first-order chi connectivity index (χ1) is 15.1. The summed E-state index contributed by atoms with van der Waals surface area (Å²) in [5.41, 5.74) is 1.42. The van der Waals surface area contributed by atoms with E-state index in [0.29, 0.717) is 43.1 Å². The minimum Gasteiger partial charge on any atom is -0.350 e. The van der Waals surface area contributed by atoms with E-state index in [1.54, 1.807) is 28.0 Å². The van der Waals surface area contributed by atoms with Gasteiger partial charge in [-0.2, -0.15) is 0 Å². The Kier molecular flexibility index (Phi) is 6.56. The molecule has 2 heterocycles. The maximum Gasteiger partial charge on any atom is 0.254 e. The van der Waals surface area contributed by atoms with Crippen molar-refractivity contribution < 1.29 is 14.4 Å². The van der Waals surface area contributed by atoms with Gasteiger partial charge in [0.2, 0.25) is 11.8 Å². The van der Waals surface area contributed by atoms with Crippen LogP contribution in [-0.2, 0) is 16.1 Å². The summed E-state index contributed by atoms with van der Waals surface area (Å²) >= 11 is 6.18. The van der Waals surface area contributed by atoms with Gasteiger partial charge in [0.05, 0.1) is 0 Å². The molecule has 0 saturated carbocycles. The molecule has 0 bridgehead atoms. The molecule has 31 heavy (non-hydrogen) atoms. The second-order valence-corrected chi connectivity index (χ2v) is 8.43. The maximum absolute atomic E-state index is 13.4. The summed E-state index contributed by atoms with van der Waals surface area (Å²) < 4.78 is 0. The predicted octanol–water partition coefficient (Wildman–Crippen LogP) is 3.25. The van der Waals surface area contributed by atoms with Crippen LogP contribution in [0.5, 0.6) is 0 Å². The van der Waals surface area contributed by atoms with Gasteiger partial charge in [0.15, 0.2) is 0 Å². The summed E-state index contributed by atoms with van der Waals surface area (Å²) in [5, 5.41) is 3.52. The topological polar surface area (TPSA) is 69.7 Å².